The van der Waals surface area contributed by atoms with E-state index >= 15 is 0 Å². The molecule has 2 amide bonds. The zero-order chi connectivity index (χ0) is 25.3. The number of methoxy groups -OCH3 is 1. The van der Waals surface area contributed by atoms with Gasteiger partial charge in [0.15, 0.2) is 18.1 Å². The molecule has 1 aliphatic rings. The zero-order valence-corrected chi connectivity index (χ0v) is 21.4. The van der Waals surface area contributed by atoms with E-state index in [1.807, 2.05) is 66.7 Å². The maximum Gasteiger partial charge on any atom is 0.266 e. The van der Waals surface area contributed by atoms with Gasteiger partial charge < -0.3 is 14.8 Å². The maximum atomic E-state index is 13.0. The van der Waals surface area contributed by atoms with E-state index in [0.29, 0.717) is 33.8 Å². The molecule has 4 rings (SSSR count). The smallest absolute Gasteiger partial charge is 0.266 e. The van der Waals surface area contributed by atoms with Crippen LogP contribution in [0.3, 0.4) is 0 Å². The molecule has 0 radical (unpaired) electrons. The van der Waals surface area contributed by atoms with Crippen molar-refractivity contribution >= 4 is 46.2 Å². The first kappa shape index (κ1) is 25.5. The molecule has 1 aliphatic heterocycles. The number of nitrogens with one attached hydrogen (secondary N) is 1. The number of hydrogen-bond donors (Lipinski definition) is 1. The number of benzene rings is 3. The summed E-state index contributed by atoms with van der Waals surface area (Å²) in [6.45, 7) is 0.833. The number of carbonyl (C=O) groups is 2. The molecule has 3 aromatic carbocycles. The Bertz CT molecular complexity index is 1260. The summed E-state index contributed by atoms with van der Waals surface area (Å²) in [5.41, 5.74) is 2.94. The lowest BCUT2D eigenvalue weighted by molar-refractivity contribution is -0.123. The van der Waals surface area contributed by atoms with Gasteiger partial charge in [0.2, 0.25) is 0 Å². The number of thioether (sulfide) groups is 1. The van der Waals surface area contributed by atoms with Crippen LogP contribution < -0.4 is 14.8 Å². The van der Waals surface area contributed by atoms with Gasteiger partial charge in [0.1, 0.15) is 4.32 Å². The molecule has 3 aromatic rings. The molecule has 1 fully saturated rings. The van der Waals surface area contributed by atoms with Gasteiger partial charge in [-0.25, -0.2) is 0 Å². The molecule has 1 heterocycles. The number of nitrogens with zero attached hydrogens (tertiary/aromatic N) is 1. The number of carbonyl (C=O) groups excluding carboxylic acids is 2. The molecular formula is C28H26N2O4S2. The Morgan fingerprint density at radius 3 is 2.39 bits per heavy atom. The van der Waals surface area contributed by atoms with E-state index in [2.05, 4.69) is 5.32 Å². The van der Waals surface area contributed by atoms with Crippen LogP contribution in [0.1, 0.15) is 16.7 Å². The molecule has 0 saturated carbocycles. The van der Waals surface area contributed by atoms with Gasteiger partial charge in [-0.3, -0.25) is 14.5 Å². The third-order valence-electron chi connectivity index (χ3n) is 5.52. The molecule has 8 heteroatoms. The largest absolute Gasteiger partial charge is 0.493 e. The third-order valence-corrected chi connectivity index (χ3v) is 6.89. The molecule has 0 aromatic heterocycles. The fourth-order valence-corrected chi connectivity index (χ4v) is 4.92. The Labute approximate surface area is 220 Å². The average molecular weight is 519 g/mol. The summed E-state index contributed by atoms with van der Waals surface area (Å²) >= 11 is 6.74. The highest BCUT2D eigenvalue weighted by Gasteiger charge is 2.31. The molecular weight excluding hydrogens is 492 g/mol. The average Bonchev–Trinajstić information content (AvgIpc) is 3.18. The van der Waals surface area contributed by atoms with Crippen LogP contribution >= 0.6 is 24.0 Å². The molecule has 1 N–H and O–H groups in total. The predicted molar refractivity (Wildman–Crippen MR) is 147 cm³/mol. The standard InChI is InChI=1S/C28H26N2O4S2/c1-33-24-16-22(12-13-23(24)34-19-26(31)29-18-21-10-6-3-7-11-21)17-25-27(32)30(28(35)36-25)15-14-20-8-4-2-5-9-20/h2-13,16-17H,14-15,18-19H2,1H3,(H,29,31)/b25-17-. The molecule has 0 unspecified atom stereocenters. The Morgan fingerprint density at radius 2 is 1.69 bits per heavy atom. The van der Waals surface area contributed by atoms with Crippen molar-refractivity contribution in [2.75, 3.05) is 20.3 Å². The van der Waals surface area contributed by atoms with Crippen LogP contribution in [0.4, 0.5) is 0 Å². The van der Waals surface area contributed by atoms with Crippen molar-refractivity contribution in [2.45, 2.75) is 13.0 Å². The molecule has 0 aliphatic carbocycles. The van der Waals surface area contributed by atoms with Crippen LogP contribution in [0.25, 0.3) is 6.08 Å². The van der Waals surface area contributed by atoms with E-state index in [1.54, 1.807) is 23.1 Å². The minimum absolute atomic E-state index is 0.102. The van der Waals surface area contributed by atoms with Crippen LogP contribution in [0.5, 0.6) is 11.5 Å². The number of hydrogen-bond acceptors (Lipinski definition) is 6. The summed E-state index contributed by atoms with van der Waals surface area (Å²) in [6.07, 6.45) is 2.53. The fraction of sp³-hybridized carbons (Fsp3) is 0.179. The molecule has 1 saturated heterocycles. The molecule has 184 valence electrons. The highest BCUT2D eigenvalue weighted by Crippen LogP contribution is 2.34. The first-order valence-corrected chi connectivity index (χ1v) is 12.7. The summed E-state index contributed by atoms with van der Waals surface area (Å²) in [4.78, 5) is 27.3. The van der Waals surface area contributed by atoms with E-state index in [4.69, 9.17) is 21.7 Å². The predicted octanol–water partition coefficient (Wildman–Crippen LogP) is 4.83. The normalized spacial score (nSPS) is 14.2. The lowest BCUT2D eigenvalue weighted by atomic mass is 10.1. The van der Waals surface area contributed by atoms with Crippen LogP contribution in [0.2, 0.25) is 0 Å². The van der Waals surface area contributed by atoms with Crippen molar-refractivity contribution in [1.82, 2.24) is 10.2 Å². The highest BCUT2D eigenvalue weighted by atomic mass is 32.2. The van der Waals surface area contributed by atoms with Gasteiger partial charge in [0.05, 0.1) is 12.0 Å². The molecule has 0 bridgehead atoms. The second kappa shape index (κ2) is 12.4. The topological polar surface area (TPSA) is 67.9 Å². The third kappa shape index (κ3) is 6.74. The van der Waals surface area contributed by atoms with Gasteiger partial charge >= 0.3 is 0 Å². The minimum Gasteiger partial charge on any atom is -0.493 e. The quantitative estimate of drug-likeness (QED) is 0.306. The second-order valence-electron chi connectivity index (χ2n) is 8.03. The first-order valence-electron chi connectivity index (χ1n) is 11.4. The van der Waals surface area contributed by atoms with Crippen molar-refractivity contribution in [2.24, 2.45) is 0 Å². The van der Waals surface area contributed by atoms with Crippen LogP contribution in [0.15, 0.2) is 83.8 Å². The Morgan fingerprint density at radius 1 is 1.00 bits per heavy atom. The van der Waals surface area contributed by atoms with Gasteiger partial charge in [0, 0.05) is 13.1 Å². The van der Waals surface area contributed by atoms with Gasteiger partial charge in [-0.15, -0.1) is 0 Å². The van der Waals surface area contributed by atoms with E-state index in [1.165, 1.54) is 18.9 Å². The molecule has 36 heavy (non-hydrogen) atoms. The van der Waals surface area contributed by atoms with E-state index in [9.17, 15) is 9.59 Å². The fourth-order valence-electron chi connectivity index (χ4n) is 3.61. The van der Waals surface area contributed by atoms with Crippen molar-refractivity contribution in [3.8, 4) is 11.5 Å². The second-order valence-corrected chi connectivity index (χ2v) is 9.71. The van der Waals surface area contributed by atoms with Crippen molar-refractivity contribution in [3.63, 3.8) is 0 Å². The monoisotopic (exact) mass is 518 g/mol. The van der Waals surface area contributed by atoms with Gasteiger partial charge in [0.25, 0.3) is 11.8 Å². The number of rotatable bonds is 10. The Hall–Kier alpha value is -3.62. The summed E-state index contributed by atoms with van der Waals surface area (Å²) < 4.78 is 11.7. The lowest BCUT2D eigenvalue weighted by Gasteiger charge is -2.14. The minimum atomic E-state index is -0.232. The Balaban J connectivity index is 1.35. The van der Waals surface area contributed by atoms with Crippen molar-refractivity contribution in [1.29, 1.82) is 0 Å². The van der Waals surface area contributed by atoms with Crippen LogP contribution in [0, 0.1) is 0 Å². The van der Waals surface area contributed by atoms with Gasteiger partial charge in [-0.05, 0) is 41.3 Å². The SMILES string of the molecule is COc1cc(/C=C2\SC(=S)N(CCc3ccccc3)C2=O)ccc1OCC(=O)NCc1ccccc1. The number of thiocarbonyl (C=S) groups is 1. The van der Waals surface area contributed by atoms with E-state index in [-0.39, 0.29) is 18.4 Å². The lowest BCUT2D eigenvalue weighted by Crippen LogP contribution is -2.30. The maximum absolute atomic E-state index is 13.0. The van der Waals surface area contributed by atoms with Gasteiger partial charge in [-0.1, -0.05) is 90.7 Å². The first-order chi connectivity index (χ1) is 17.5. The van der Waals surface area contributed by atoms with Crippen molar-refractivity contribution in [3.05, 3.63) is 100 Å². The summed E-state index contributed by atoms with van der Waals surface area (Å²) in [5.74, 6) is 0.582. The van der Waals surface area contributed by atoms with Crippen molar-refractivity contribution < 1.29 is 19.1 Å². The molecule has 0 atom stereocenters. The van der Waals surface area contributed by atoms with Crippen LogP contribution in [-0.4, -0.2) is 41.3 Å². The van der Waals surface area contributed by atoms with Crippen LogP contribution in [-0.2, 0) is 22.6 Å². The highest BCUT2D eigenvalue weighted by molar-refractivity contribution is 8.26. The summed E-state index contributed by atoms with van der Waals surface area (Å²) in [6, 6.07) is 25.0. The zero-order valence-electron chi connectivity index (χ0n) is 19.8. The molecule has 6 nitrogen and oxygen atoms in total. The summed E-state index contributed by atoms with van der Waals surface area (Å²) in [7, 11) is 1.53. The molecule has 0 spiro atoms. The van der Waals surface area contributed by atoms with Gasteiger partial charge in [-0.2, -0.15) is 0 Å². The number of ether oxygens (including phenoxy) is 2. The number of amides is 2. The van der Waals surface area contributed by atoms with E-state index in [0.717, 1.165) is 23.1 Å². The van der Waals surface area contributed by atoms with E-state index < -0.39 is 0 Å². The summed E-state index contributed by atoms with van der Waals surface area (Å²) in [5, 5.41) is 2.83. The Kier molecular flexibility index (Phi) is 8.76.